The van der Waals surface area contributed by atoms with Gasteiger partial charge in [0.2, 0.25) is 5.91 Å². The van der Waals surface area contributed by atoms with Gasteiger partial charge >= 0.3 is 0 Å². The zero-order valence-electron chi connectivity index (χ0n) is 26.6. The average molecular weight is 610 g/mol. The molecule has 3 aliphatic heterocycles. The Bertz CT molecular complexity index is 1290. The molecule has 1 aromatic rings. The number of hydrogen-bond acceptors (Lipinski definition) is 4. The molecule has 2 amide bonds. The molecule has 0 radical (unpaired) electrons. The van der Waals surface area contributed by atoms with Crippen LogP contribution in [-0.2, 0) is 15.5 Å². The summed E-state index contributed by atoms with van der Waals surface area (Å²) >= 11 is 0. The van der Waals surface area contributed by atoms with E-state index in [0.29, 0.717) is 49.7 Å². The second-order valence-electron chi connectivity index (χ2n) is 13.5. The number of aliphatic hydroxyl groups excluding tert-OH is 1. The summed E-state index contributed by atoms with van der Waals surface area (Å²) in [5, 5.41) is 9.62. The molecule has 3 fully saturated rings. The summed E-state index contributed by atoms with van der Waals surface area (Å²) in [5.74, 6) is -2.33. The summed E-state index contributed by atoms with van der Waals surface area (Å²) in [7, 11) is 0. The Balaban J connectivity index is 1.23. The number of carbonyl (C=O) groups excluding carboxylic acids is 2. The molecule has 6 nitrogen and oxygen atoms in total. The number of benzene rings is 1. The third kappa shape index (κ3) is 7.29. The molecule has 2 saturated heterocycles. The highest BCUT2D eigenvalue weighted by atomic mass is 19.3. The maximum absolute atomic E-state index is 14.4. The smallest absolute Gasteiger partial charge is 0.270 e. The molecule has 1 saturated carbocycles. The Morgan fingerprint density at radius 3 is 2.36 bits per heavy atom. The van der Waals surface area contributed by atoms with Crippen LogP contribution in [0.4, 0.5) is 8.78 Å². The maximum Gasteiger partial charge on any atom is 0.270 e. The Morgan fingerprint density at radius 2 is 1.70 bits per heavy atom. The minimum atomic E-state index is -2.93. The molecular weight excluding hydrogens is 560 g/mol. The summed E-state index contributed by atoms with van der Waals surface area (Å²) in [4.78, 5) is 33.3. The van der Waals surface area contributed by atoms with E-state index in [9.17, 15) is 23.5 Å². The van der Waals surface area contributed by atoms with Crippen molar-refractivity contribution in [2.75, 3.05) is 32.8 Å². The van der Waals surface area contributed by atoms with Gasteiger partial charge in [0.25, 0.3) is 11.8 Å². The van der Waals surface area contributed by atoms with Gasteiger partial charge in [-0.3, -0.25) is 9.59 Å². The van der Waals surface area contributed by atoms with E-state index in [0.717, 1.165) is 64.0 Å². The number of hydrogen-bond donors (Lipinski definition) is 1. The third-order valence-electron chi connectivity index (χ3n) is 10.1. The van der Waals surface area contributed by atoms with Crippen LogP contribution in [-0.4, -0.2) is 70.4 Å². The predicted molar refractivity (Wildman–Crippen MR) is 168 cm³/mol. The number of alkyl halides is 2. The lowest BCUT2D eigenvalue weighted by Crippen LogP contribution is -2.47. The minimum Gasteiger partial charge on any atom is -0.396 e. The largest absolute Gasteiger partial charge is 0.396 e. The van der Waals surface area contributed by atoms with Crippen molar-refractivity contribution in [2.45, 2.75) is 96.4 Å². The SMILES string of the molecule is CCCC(CO)CCC(C)C(=O)N1CCC(N2C=C=CC(C(=O)N3CCC(c4ccccc4C(C)(F)F)C3)=C2C2CC2)CC1. The van der Waals surface area contributed by atoms with Crippen molar-refractivity contribution in [3.63, 3.8) is 0 Å². The van der Waals surface area contributed by atoms with Gasteiger partial charge in [0.05, 0.1) is 5.57 Å². The van der Waals surface area contributed by atoms with Gasteiger partial charge in [-0.1, -0.05) is 44.5 Å². The summed E-state index contributed by atoms with van der Waals surface area (Å²) in [6.07, 6.45) is 11.9. The zero-order valence-corrected chi connectivity index (χ0v) is 26.6. The van der Waals surface area contributed by atoms with Crippen LogP contribution < -0.4 is 0 Å². The van der Waals surface area contributed by atoms with Gasteiger partial charge < -0.3 is 19.8 Å². The van der Waals surface area contributed by atoms with Crippen molar-refractivity contribution in [3.05, 3.63) is 64.7 Å². The molecule has 0 bridgehead atoms. The van der Waals surface area contributed by atoms with Crippen molar-refractivity contribution >= 4 is 11.8 Å². The lowest BCUT2D eigenvalue weighted by molar-refractivity contribution is -0.136. The summed E-state index contributed by atoms with van der Waals surface area (Å²) in [6.45, 7) is 7.61. The number of nitrogens with zero attached hydrogens (tertiary/aromatic N) is 3. The van der Waals surface area contributed by atoms with Gasteiger partial charge in [-0.2, -0.15) is 0 Å². The summed E-state index contributed by atoms with van der Waals surface area (Å²) in [6, 6.07) is 6.93. The highest BCUT2D eigenvalue weighted by Crippen LogP contribution is 2.44. The molecule has 1 aromatic carbocycles. The molecule has 0 spiro atoms. The van der Waals surface area contributed by atoms with Crippen LogP contribution in [0.5, 0.6) is 0 Å². The number of allylic oxidation sites excluding steroid dienone is 1. The average Bonchev–Trinajstić information content (AvgIpc) is 3.76. The van der Waals surface area contributed by atoms with Crippen LogP contribution in [0.15, 0.2) is 53.5 Å². The van der Waals surface area contributed by atoms with E-state index in [1.54, 1.807) is 18.2 Å². The van der Waals surface area contributed by atoms with E-state index < -0.39 is 5.92 Å². The lowest BCUT2D eigenvalue weighted by Gasteiger charge is -2.41. The third-order valence-corrected chi connectivity index (χ3v) is 10.1. The molecule has 8 heteroatoms. The van der Waals surface area contributed by atoms with E-state index in [4.69, 9.17) is 0 Å². The molecular formula is C36H49F2N3O3. The fraction of sp³-hybridized carbons (Fsp3) is 0.639. The fourth-order valence-electron chi connectivity index (χ4n) is 7.39. The quantitative estimate of drug-likeness (QED) is 0.272. The van der Waals surface area contributed by atoms with E-state index in [1.807, 2.05) is 29.0 Å². The number of rotatable bonds is 12. The van der Waals surface area contributed by atoms with Crippen molar-refractivity contribution in [1.82, 2.24) is 14.7 Å². The number of aliphatic hydroxyl groups is 1. The first kappa shape index (κ1) is 32.4. The van der Waals surface area contributed by atoms with Crippen LogP contribution in [0.3, 0.4) is 0 Å². The van der Waals surface area contributed by atoms with E-state index in [1.165, 1.54) is 6.07 Å². The van der Waals surface area contributed by atoms with Gasteiger partial charge in [0.1, 0.15) is 0 Å². The Hall–Kier alpha value is -2.96. The molecule has 1 aliphatic carbocycles. The molecule has 3 atom stereocenters. The molecule has 3 heterocycles. The highest BCUT2D eigenvalue weighted by Gasteiger charge is 2.40. The standard InChI is InChI=1S/C36H49F2N3O3/c1-4-8-26(24-42)13-12-25(2)34(43)39-21-17-29(18-22-39)41-19-7-10-31(33(41)27-14-15-27)35(44)40-20-16-28(23-40)30-9-5-6-11-32(30)36(3,37)38/h5-6,9-11,19,25-29,42H,4,8,12-18,20-24H2,1-3H3. The van der Waals surface area contributed by atoms with Crippen molar-refractivity contribution < 1.29 is 23.5 Å². The first-order chi connectivity index (χ1) is 21.1. The minimum absolute atomic E-state index is 0.0357. The van der Waals surface area contributed by atoms with Gasteiger partial charge in [0.15, 0.2) is 0 Å². The van der Waals surface area contributed by atoms with E-state index >= 15 is 0 Å². The Labute approximate surface area is 261 Å². The topological polar surface area (TPSA) is 64.1 Å². The predicted octanol–water partition coefficient (Wildman–Crippen LogP) is 6.58. The number of piperidine rings is 1. The first-order valence-corrected chi connectivity index (χ1v) is 16.7. The zero-order chi connectivity index (χ0) is 31.4. The van der Waals surface area contributed by atoms with Crippen LogP contribution >= 0.6 is 0 Å². The van der Waals surface area contributed by atoms with Gasteiger partial charge in [-0.05, 0) is 68.9 Å². The van der Waals surface area contributed by atoms with Crippen molar-refractivity contribution in [1.29, 1.82) is 0 Å². The van der Waals surface area contributed by atoms with Gasteiger partial charge in [0, 0.05) is 81.0 Å². The molecule has 1 N–H and O–H groups in total. The highest BCUT2D eigenvalue weighted by molar-refractivity contribution is 5.97. The van der Waals surface area contributed by atoms with Gasteiger partial charge in [-0.25, -0.2) is 8.78 Å². The number of halogens is 2. The summed E-state index contributed by atoms with van der Waals surface area (Å²) < 4.78 is 28.7. The molecule has 3 unspecified atom stereocenters. The number of amides is 2. The second-order valence-corrected chi connectivity index (χ2v) is 13.5. The molecule has 240 valence electrons. The van der Waals surface area contributed by atoms with E-state index in [2.05, 4.69) is 17.6 Å². The number of carbonyl (C=O) groups is 2. The van der Waals surface area contributed by atoms with Crippen molar-refractivity contribution in [3.8, 4) is 0 Å². The Kier molecular flexibility index (Phi) is 10.3. The normalized spacial score (nSPS) is 22.6. The molecule has 4 aliphatic rings. The first-order valence-electron chi connectivity index (χ1n) is 16.7. The molecule has 44 heavy (non-hydrogen) atoms. The van der Waals surface area contributed by atoms with Gasteiger partial charge in [-0.15, -0.1) is 5.73 Å². The van der Waals surface area contributed by atoms with Crippen LogP contribution in [0.25, 0.3) is 0 Å². The Morgan fingerprint density at radius 1 is 1.00 bits per heavy atom. The summed E-state index contributed by atoms with van der Waals surface area (Å²) in [5.41, 5.74) is 5.68. The molecule has 5 rings (SSSR count). The number of likely N-dealkylation sites (tertiary alicyclic amines) is 2. The van der Waals surface area contributed by atoms with Crippen molar-refractivity contribution in [2.24, 2.45) is 17.8 Å². The van der Waals surface area contributed by atoms with Crippen LogP contribution in [0.1, 0.15) is 95.6 Å². The van der Waals surface area contributed by atoms with Crippen LogP contribution in [0, 0.1) is 17.8 Å². The van der Waals surface area contributed by atoms with Crippen LogP contribution in [0.2, 0.25) is 0 Å². The lowest BCUT2D eigenvalue weighted by atomic mass is 9.91. The second kappa shape index (κ2) is 14.0. The fourth-order valence-corrected chi connectivity index (χ4v) is 7.39. The maximum atomic E-state index is 14.4. The monoisotopic (exact) mass is 609 g/mol. The molecule has 0 aromatic heterocycles. The van der Waals surface area contributed by atoms with E-state index in [-0.39, 0.29) is 47.8 Å².